The molecule has 2 amide bonds. The number of rotatable bonds is 6. The van der Waals surface area contributed by atoms with Gasteiger partial charge in [0.2, 0.25) is 5.91 Å². The maximum Gasteiger partial charge on any atom is 0.271 e. The molecule has 0 bridgehead atoms. The number of benzene rings is 3. The van der Waals surface area contributed by atoms with Crippen molar-refractivity contribution in [3.8, 4) is 0 Å². The maximum atomic E-state index is 12.5. The highest BCUT2D eigenvalue weighted by molar-refractivity contribution is 9.10. The second-order valence-electron chi connectivity index (χ2n) is 7.44. The number of hydrogen-bond acceptors (Lipinski definition) is 4. The Morgan fingerprint density at radius 2 is 1.69 bits per heavy atom. The highest BCUT2D eigenvalue weighted by Crippen LogP contribution is 2.39. The van der Waals surface area contributed by atoms with Crippen molar-refractivity contribution in [3.05, 3.63) is 106 Å². The third-order valence-corrected chi connectivity index (χ3v) is 6.99. The molecule has 0 aliphatic carbocycles. The number of nitrogens with zero attached hydrogens (tertiary/aromatic N) is 2. The van der Waals surface area contributed by atoms with Crippen molar-refractivity contribution < 1.29 is 9.59 Å². The van der Waals surface area contributed by atoms with Crippen molar-refractivity contribution in [3.63, 3.8) is 0 Å². The van der Waals surface area contributed by atoms with Crippen LogP contribution in [0.25, 0.3) is 0 Å². The summed E-state index contributed by atoms with van der Waals surface area (Å²) in [5, 5.41) is 4.16. The van der Waals surface area contributed by atoms with Crippen molar-refractivity contribution >= 4 is 45.2 Å². The Morgan fingerprint density at radius 1 is 1.03 bits per heavy atom. The zero-order valence-corrected chi connectivity index (χ0v) is 19.9. The third-order valence-electron chi connectivity index (χ3n) is 5.21. The van der Waals surface area contributed by atoms with Crippen molar-refractivity contribution in [1.82, 2.24) is 10.3 Å². The van der Waals surface area contributed by atoms with Crippen LogP contribution in [-0.2, 0) is 11.3 Å². The molecule has 0 aromatic heterocycles. The fraction of sp³-hybridized carbons (Fsp3) is 0.160. The normalized spacial score (nSPS) is 16.3. The van der Waals surface area contributed by atoms with Crippen molar-refractivity contribution in [2.24, 2.45) is 5.10 Å². The number of nitrogens with one attached hydrogen (secondary N) is 1. The predicted molar refractivity (Wildman–Crippen MR) is 132 cm³/mol. The van der Waals surface area contributed by atoms with Gasteiger partial charge in [0.25, 0.3) is 5.91 Å². The molecule has 162 valence electrons. The second kappa shape index (κ2) is 10.1. The summed E-state index contributed by atoms with van der Waals surface area (Å²) in [7, 11) is 0. The molecular weight excluding hydrogens is 486 g/mol. The fourth-order valence-corrected chi connectivity index (χ4v) is 4.89. The average Bonchev–Trinajstić information content (AvgIpc) is 3.18. The molecule has 1 heterocycles. The van der Waals surface area contributed by atoms with Gasteiger partial charge in [0.05, 0.1) is 11.5 Å². The van der Waals surface area contributed by atoms with E-state index in [2.05, 4.69) is 26.5 Å². The Kier molecular flexibility index (Phi) is 7.07. The number of thioether (sulfide) groups is 1. The maximum absolute atomic E-state index is 12.5. The molecule has 0 radical (unpaired) electrons. The van der Waals surface area contributed by atoms with E-state index in [1.807, 2.05) is 78.6 Å². The molecule has 1 aliphatic rings. The highest BCUT2D eigenvalue weighted by atomic mass is 79.9. The van der Waals surface area contributed by atoms with E-state index in [0.29, 0.717) is 17.9 Å². The predicted octanol–water partition coefficient (Wildman–Crippen LogP) is 5.38. The molecule has 1 saturated heterocycles. The molecule has 1 fully saturated rings. The molecule has 3 aromatic rings. The summed E-state index contributed by atoms with van der Waals surface area (Å²) in [6, 6.07) is 25.1. The van der Waals surface area contributed by atoms with Gasteiger partial charge in [0.15, 0.2) is 0 Å². The van der Waals surface area contributed by atoms with Crippen LogP contribution in [0.15, 0.2) is 88.4 Å². The summed E-state index contributed by atoms with van der Waals surface area (Å²) in [6.45, 7) is 2.42. The third kappa shape index (κ3) is 5.29. The van der Waals surface area contributed by atoms with Crippen LogP contribution < -0.4 is 5.43 Å². The molecule has 4 rings (SSSR count). The lowest BCUT2D eigenvalue weighted by atomic mass is 10.1. The molecular formula is C25H22BrN3O2S. The van der Waals surface area contributed by atoms with Crippen LogP contribution in [0.4, 0.5) is 0 Å². The quantitative estimate of drug-likeness (QED) is 0.360. The molecule has 5 nitrogen and oxygen atoms in total. The SMILES string of the molecule is C/C(=N/NC(=O)c1ccc([C@@H]2SCC(=O)N2Cc2ccccc2)cc1)c1ccc(Br)cc1. The van der Waals surface area contributed by atoms with Crippen LogP contribution in [-0.4, -0.2) is 28.2 Å². The summed E-state index contributed by atoms with van der Waals surface area (Å²) in [5.74, 6) is 0.316. The van der Waals surface area contributed by atoms with Gasteiger partial charge in [-0.3, -0.25) is 9.59 Å². The Hall–Kier alpha value is -2.90. The van der Waals surface area contributed by atoms with Gasteiger partial charge in [-0.1, -0.05) is 70.5 Å². The van der Waals surface area contributed by atoms with Crippen LogP contribution in [0, 0.1) is 0 Å². The highest BCUT2D eigenvalue weighted by Gasteiger charge is 2.32. The van der Waals surface area contributed by atoms with E-state index in [1.165, 1.54) is 0 Å². The first-order valence-electron chi connectivity index (χ1n) is 10.2. The summed E-state index contributed by atoms with van der Waals surface area (Å²) in [5.41, 5.74) is 6.90. The first kappa shape index (κ1) is 22.3. The Morgan fingerprint density at radius 3 is 2.38 bits per heavy atom. The number of halogens is 1. The summed E-state index contributed by atoms with van der Waals surface area (Å²) >= 11 is 5.02. The smallest absolute Gasteiger partial charge is 0.271 e. The lowest BCUT2D eigenvalue weighted by Crippen LogP contribution is -2.27. The van der Waals surface area contributed by atoms with Crippen molar-refractivity contribution in [1.29, 1.82) is 0 Å². The number of carbonyl (C=O) groups excluding carboxylic acids is 2. The second-order valence-corrected chi connectivity index (χ2v) is 9.42. The monoisotopic (exact) mass is 507 g/mol. The van der Waals surface area contributed by atoms with Crippen molar-refractivity contribution in [2.45, 2.75) is 18.8 Å². The van der Waals surface area contributed by atoms with Gasteiger partial charge in [0.1, 0.15) is 5.37 Å². The molecule has 0 spiro atoms. The molecule has 1 N–H and O–H groups in total. The molecule has 1 aliphatic heterocycles. The first-order valence-corrected chi connectivity index (χ1v) is 12.0. The van der Waals surface area contributed by atoms with E-state index in [4.69, 9.17) is 0 Å². The number of hydrazone groups is 1. The molecule has 0 saturated carbocycles. The zero-order chi connectivity index (χ0) is 22.5. The van der Waals surface area contributed by atoms with E-state index in [1.54, 1.807) is 23.9 Å². The van der Waals surface area contributed by atoms with E-state index in [-0.39, 0.29) is 17.2 Å². The number of hydrogen-bond donors (Lipinski definition) is 1. The van der Waals surface area contributed by atoms with Gasteiger partial charge in [-0.05, 0) is 47.9 Å². The lowest BCUT2D eigenvalue weighted by Gasteiger charge is -2.24. The number of carbonyl (C=O) groups is 2. The molecule has 32 heavy (non-hydrogen) atoms. The molecule has 0 unspecified atom stereocenters. The minimum absolute atomic E-state index is 0.0579. The Balaban J connectivity index is 1.42. The minimum Gasteiger partial charge on any atom is -0.322 e. The van der Waals surface area contributed by atoms with Gasteiger partial charge in [0, 0.05) is 16.6 Å². The van der Waals surface area contributed by atoms with Crippen LogP contribution in [0.1, 0.15) is 39.3 Å². The van der Waals surface area contributed by atoms with Gasteiger partial charge < -0.3 is 4.90 Å². The fourth-order valence-electron chi connectivity index (χ4n) is 3.44. The average molecular weight is 508 g/mol. The van der Waals surface area contributed by atoms with Crippen LogP contribution in [0.5, 0.6) is 0 Å². The standard InChI is InChI=1S/C25H22BrN3O2S/c1-17(19-11-13-22(26)14-12-19)27-28-24(31)20-7-9-21(10-8-20)25-29(23(30)16-32-25)15-18-5-3-2-4-6-18/h2-14,25H,15-16H2,1H3,(H,28,31)/b27-17-/t25-/m0/s1. The van der Waals surface area contributed by atoms with E-state index < -0.39 is 0 Å². The molecule has 1 atom stereocenters. The van der Waals surface area contributed by atoms with Gasteiger partial charge in [-0.2, -0.15) is 5.10 Å². The van der Waals surface area contributed by atoms with Crippen molar-refractivity contribution in [2.75, 3.05) is 5.75 Å². The summed E-state index contributed by atoms with van der Waals surface area (Å²) < 4.78 is 0.989. The van der Waals surface area contributed by atoms with Crippen LogP contribution in [0.3, 0.4) is 0 Å². The number of amides is 2. The van der Waals surface area contributed by atoms with Gasteiger partial charge >= 0.3 is 0 Å². The summed E-state index contributed by atoms with van der Waals surface area (Å²) in [4.78, 5) is 26.9. The van der Waals surface area contributed by atoms with Gasteiger partial charge in [-0.15, -0.1) is 11.8 Å². The van der Waals surface area contributed by atoms with Crippen LogP contribution >= 0.6 is 27.7 Å². The lowest BCUT2D eigenvalue weighted by molar-refractivity contribution is -0.128. The Bertz CT molecular complexity index is 1130. The van der Waals surface area contributed by atoms with Gasteiger partial charge in [-0.25, -0.2) is 5.43 Å². The topological polar surface area (TPSA) is 61.8 Å². The zero-order valence-electron chi connectivity index (χ0n) is 17.5. The van der Waals surface area contributed by atoms with E-state index >= 15 is 0 Å². The largest absolute Gasteiger partial charge is 0.322 e. The summed E-state index contributed by atoms with van der Waals surface area (Å²) in [6.07, 6.45) is 0. The Labute approximate surface area is 200 Å². The van der Waals surface area contributed by atoms with E-state index in [9.17, 15) is 9.59 Å². The van der Waals surface area contributed by atoms with Crippen LogP contribution in [0.2, 0.25) is 0 Å². The molecule has 3 aromatic carbocycles. The first-order chi connectivity index (χ1) is 15.5. The van der Waals surface area contributed by atoms with E-state index in [0.717, 1.165) is 26.9 Å². The molecule has 7 heteroatoms. The minimum atomic E-state index is -0.274.